The summed E-state index contributed by atoms with van der Waals surface area (Å²) < 4.78 is 0. The lowest BCUT2D eigenvalue weighted by Crippen LogP contribution is -2.19. The minimum atomic E-state index is -0.847. The molecule has 0 fully saturated rings. The largest absolute Gasteiger partial charge is 0.393 e. The van der Waals surface area contributed by atoms with Crippen LogP contribution in [0.2, 0.25) is 0 Å². The predicted molar refractivity (Wildman–Crippen MR) is 21.7 cm³/mol. The van der Waals surface area contributed by atoms with Gasteiger partial charge in [-0.05, 0) is 0 Å². The Balaban J connectivity index is 2.99. The molecule has 0 aromatic heterocycles. The van der Waals surface area contributed by atoms with Crippen LogP contribution >= 0.6 is 0 Å². The van der Waals surface area contributed by atoms with Crippen LogP contribution in [0.15, 0.2) is 0 Å². The van der Waals surface area contributed by atoms with Crippen LogP contribution < -0.4 is 0 Å². The molecule has 44 valence electrons. The van der Waals surface area contributed by atoms with E-state index in [0.717, 1.165) is 0 Å². The van der Waals surface area contributed by atoms with E-state index in [4.69, 9.17) is 15.5 Å². The molecule has 0 unspecified atom stereocenters. The molecular weight excluding hydrogens is 100 g/mol. The molecule has 0 aliphatic carbocycles. The summed E-state index contributed by atoms with van der Waals surface area (Å²) in [5.41, 5.74) is 0. The Bertz CT molecular complexity index is 28.4. The molecule has 0 amide bonds. The van der Waals surface area contributed by atoms with Gasteiger partial charge >= 0.3 is 0 Å². The van der Waals surface area contributed by atoms with E-state index in [1.54, 1.807) is 0 Å². The van der Waals surface area contributed by atoms with E-state index in [9.17, 15) is 0 Å². The quantitative estimate of drug-likeness (QED) is 0.314. The SMILES string of the molecule is OCC(CO)OO. The molecule has 0 aliphatic heterocycles. The highest BCUT2D eigenvalue weighted by molar-refractivity contribution is 4.46. The molecular formula is C3H8O4. The minimum absolute atomic E-state index is 0.368. The van der Waals surface area contributed by atoms with Gasteiger partial charge in [0.2, 0.25) is 0 Å². The average molecular weight is 108 g/mol. The lowest BCUT2D eigenvalue weighted by atomic mass is 10.4. The maximum absolute atomic E-state index is 8.08. The molecule has 0 saturated carbocycles. The van der Waals surface area contributed by atoms with E-state index in [0.29, 0.717) is 0 Å². The zero-order valence-electron chi connectivity index (χ0n) is 3.74. The van der Waals surface area contributed by atoms with E-state index in [-0.39, 0.29) is 13.2 Å². The summed E-state index contributed by atoms with van der Waals surface area (Å²) in [6.45, 7) is -0.736. The molecule has 0 saturated heterocycles. The lowest BCUT2D eigenvalue weighted by Gasteiger charge is -2.02. The fourth-order valence-electron chi connectivity index (χ4n) is 0.124. The molecule has 3 N–H and O–H groups in total. The summed E-state index contributed by atoms with van der Waals surface area (Å²) in [4.78, 5) is 3.55. The summed E-state index contributed by atoms with van der Waals surface area (Å²) in [5, 5.41) is 23.9. The fraction of sp³-hybridized carbons (Fsp3) is 1.00. The first-order valence-corrected chi connectivity index (χ1v) is 1.87. The van der Waals surface area contributed by atoms with Crippen molar-refractivity contribution in [1.29, 1.82) is 0 Å². The van der Waals surface area contributed by atoms with Crippen LogP contribution in [-0.4, -0.2) is 34.8 Å². The van der Waals surface area contributed by atoms with Crippen molar-refractivity contribution in [3.05, 3.63) is 0 Å². The Morgan fingerprint density at radius 1 is 1.29 bits per heavy atom. The summed E-state index contributed by atoms with van der Waals surface area (Å²) in [5.74, 6) is 0. The van der Waals surface area contributed by atoms with Gasteiger partial charge in [0.15, 0.2) is 0 Å². The molecule has 4 heteroatoms. The number of rotatable bonds is 3. The van der Waals surface area contributed by atoms with Crippen molar-refractivity contribution in [3.63, 3.8) is 0 Å². The van der Waals surface area contributed by atoms with Gasteiger partial charge in [-0.25, -0.2) is 4.89 Å². The molecule has 0 aromatic carbocycles. The first kappa shape index (κ1) is 6.84. The molecule has 0 heterocycles. The third kappa shape index (κ3) is 2.52. The standard InChI is InChI=1S/C3H8O4/c4-1-3(2-5)7-6/h3-6H,1-2H2. The third-order valence-electron chi connectivity index (χ3n) is 0.556. The lowest BCUT2D eigenvalue weighted by molar-refractivity contribution is -0.290. The van der Waals surface area contributed by atoms with Gasteiger partial charge in [-0.3, -0.25) is 5.26 Å². The molecule has 7 heavy (non-hydrogen) atoms. The summed E-state index contributed by atoms with van der Waals surface area (Å²) in [7, 11) is 0. The van der Waals surface area contributed by atoms with Crippen molar-refractivity contribution in [2.75, 3.05) is 13.2 Å². The number of aliphatic hydroxyl groups is 2. The van der Waals surface area contributed by atoms with Crippen LogP contribution in [0, 0.1) is 0 Å². The van der Waals surface area contributed by atoms with Gasteiger partial charge in [-0.1, -0.05) is 0 Å². The topological polar surface area (TPSA) is 69.9 Å². The van der Waals surface area contributed by atoms with Crippen LogP contribution in [0.1, 0.15) is 0 Å². The maximum Gasteiger partial charge on any atom is 0.139 e. The summed E-state index contributed by atoms with van der Waals surface area (Å²) in [6.07, 6.45) is -0.847. The van der Waals surface area contributed by atoms with E-state index in [1.165, 1.54) is 0 Å². The van der Waals surface area contributed by atoms with Crippen LogP contribution in [-0.2, 0) is 4.89 Å². The summed E-state index contributed by atoms with van der Waals surface area (Å²) in [6, 6.07) is 0. The van der Waals surface area contributed by atoms with Crippen LogP contribution in [0.3, 0.4) is 0 Å². The molecule has 0 aliphatic rings. The Morgan fingerprint density at radius 2 is 1.71 bits per heavy atom. The van der Waals surface area contributed by atoms with Crippen LogP contribution in [0.4, 0.5) is 0 Å². The van der Waals surface area contributed by atoms with Crippen molar-refractivity contribution in [2.24, 2.45) is 0 Å². The third-order valence-corrected chi connectivity index (χ3v) is 0.556. The molecule has 0 spiro atoms. The van der Waals surface area contributed by atoms with Crippen LogP contribution in [0.25, 0.3) is 0 Å². The Morgan fingerprint density at radius 3 is 1.71 bits per heavy atom. The maximum atomic E-state index is 8.08. The second kappa shape index (κ2) is 4.01. The zero-order valence-corrected chi connectivity index (χ0v) is 3.74. The van der Waals surface area contributed by atoms with Crippen molar-refractivity contribution < 1.29 is 20.4 Å². The van der Waals surface area contributed by atoms with Gasteiger partial charge in [0.25, 0.3) is 0 Å². The van der Waals surface area contributed by atoms with Crippen molar-refractivity contribution in [2.45, 2.75) is 6.10 Å². The molecule has 0 atom stereocenters. The van der Waals surface area contributed by atoms with Crippen molar-refractivity contribution in [3.8, 4) is 0 Å². The molecule has 0 bridgehead atoms. The predicted octanol–water partition coefficient (Wildman–Crippen LogP) is -1.17. The molecule has 4 nitrogen and oxygen atoms in total. The van der Waals surface area contributed by atoms with Crippen molar-refractivity contribution in [1.82, 2.24) is 0 Å². The van der Waals surface area contributed by atoms with E-state index >= 15 is 0 Å². The van der Waals surface area contributed by atoms with Gasteiger partial charge in [-0.2, -0.15) is 0 Å². The average Bonchev–Trinajstić information content (AvgIpc) is 1.72. The van der Waals surface area contributed by atoms with E-state index in [1.807, 2.05) is 0 Å². The molecule has 0 aromatic rings. The van der Waals surface area contributed by atoms with E-state index < -0.39 is 6.10 Å². The molecule has 0 radical (unpaired) electrons. The van der Waals surface area contributed by atoms with Gasteiger partial charge in [-0.15, -0.1) is 0 Å². The first-order chi connectivity index (χ1) is 3.35. The van der Waals surface area contributed by atoms with Crippen molar-refractivity contribution >= 4 is 0 Å². The molecule has 0 rings (SSSR count). The Kier molecular flexibility index (Phi) is 3.92. The van der Waals surface area contributed by atoms with E-state index in [2.05, 4.69) is 4.89 Å². The second-order valence-corrected chi connectivity index (χ2v) is 1.09. The summed E-state index contributed by atoms with van der Waals surface area (Å²) >= 11 is 0. The fourth-order valence-corrected chi connectivity index (χ4v) is 0.124. The smallest absolute Gasteiger partial charge is 0.139 e. The van der Waals surface area contributed by atoms with Crippen LogP contribution in [0.5, 0.6) is 0 Å². The zero-order chi connectivity index (χ0) is 5.70. The monoisotopic (exact) mass is 108 g/mol. The van der Waals surface area contributed by atoms with Gasteiger partial charge in [0.1, 0.15) is 6.10 Å². The number of hydrogen-bond acceptors (Lipinski definition) is 4. The number of hydrogen-bond donors (Lipinski definition) is 3. The Labute approximate surface area is 40.9 Å². The van der Waals surface area contributed by atoms with Gasteiger partial charge in [0, 0.05) is 0 Å². The minimum Gasteiger partial charge on any atom is -0.393 e. The second-order valence-electron chi connectivity index (χ2n) is 1.09. The highest BCUT2D eigenvalue weighted by atomic mass is 17.1. The first-order valence-electron chi connectivity index (χ1n) is 1.87. The number of aliphatic hydroxyl groups excluding tert-OH is 2. The Hall–Kier alpha value is -0.160. The highest BCUT2D eigenvalue weighted by Crippen LogP contribution is 1.81. The normalized spacial score (nSPS) is 10.3. The van der Waals surface area contributed by atoms with Gasteiger partial charge in [0.05, 0.1) is 13.2 Å². The van der Waals surface area contributed by atoms with Gasteiger partial charge < -0.3 is 10.2 Å². The highest BCUT2D eigenvalue weighted by Gasteiger charge is 2.01.